The molecule has 0 heterocycles. The van der Waals surface area contributed by atoms with Gasteiger partial charge in [-0.1, -0.05) is 25.2 Å². The van der Waals surface area contributed by atoms with Crippen LogP contribution in [0.4, 0.5) is 0 Å². The van der Waals surface area contributed by atoms with Gasteiger partial charge in [0.2, 0.25) is 0 Å². The van der Waals surface area contributed by atoms with E-state index in [2.05, 4.69) is 58.4 Å². The Labute approximate surface area is 90.3 Å². The Hall–Kier alpha value is -0.373. The predicted octanol–water partition coefficient (Wildman–Crippen LogP) is 4.14. The zero-order valence-electron chi connectivity index (χ0n) is 10.8. The summed E-state index contributed by atoms with van der Waals surface area (Å²) < 4.78 is 0. The van der Waals surface area contributed by atoms with Gasteiger partial charge in [0.25, 0.3) is 0 Å². The van der Waals surface area contributed by atoms with Crippen molar-refractivity contribution in [2.45, 2.75) is 58.9 Å². The molecule has 0 rings (SSSR count). The van der Waals surface area contributed by atoms with Crippen molar-refractivity contribution in [1.82, 2.24) is 0 Å². The van der Waals surface area contributed by atoms with E-state index in [1.54, 1.807) is 0 Å². The van der Waals surface area contributed by atoms with Crippen LogP contribution in [0.1, 0.15) is 27.7 Å². The summed E-state index contributed by atoms with van der Waals surface area (Å²) in [5.74, 6) is 0. The smallest absolute Gasteiger partial charge is 0.0524 e. The maximum atomic E-state index is 4.44. The molecule has 82 valence electrons. The van der Waals surface area contributed by atoms with Crippen LogP contribution in [0.5, 0.6) is 0 Å². The van der Waals surface area contributed by atoms with Gasteiger partial charge in [0.05, 0.1) is 5.54 Å². The van der Waals surface area contributed by atoms with Crippen LogP contribution in [0.25, 0.3) is 0 Å². The predicted molar refractivity (Wildman–Crippen MR) is 70.2 cm³/mol. The first-order chi connectivity index (χ1) is 6.10. The van der Waals surface area contributed by atoms with E-state index in [4.69, 9.17) is 0 Å². The molecule has 0 atom stereocenters. The van der Waals surface area contributed by atoms with Gasteiger partial charge in [-0.05, 0) is 39.8 Å². The Morgan fingerprint density at radius 3 is 2.07 bits per heavy atom. The third kappa shape index (κ3) is 9.71. The Bertz CT molecular complexity index is 226. The van der Waals surface area contributed by atoms with Gasteiger partial charge >= 0.3 is 0 Å². The fourth-order valence-corrected chi connectivity index (χ4v) is 3.07. The second kappa shape index (κ2) is 4.92. The van der Waals surface area contributed by atoms with Crippen molar-refractivity contribution in [2.75, 3.05) is 0 Å². The number of rotatable bonds is 3. The van der Waals surface area contributed by atoms with Gasteiger partial charge in [0.1, 0.15) is 0 Å². The molecule has 0 aromatic carbocycles. The molecule has 1 nitrogen and oxygen atoms in total. The first-order valence-corrected chi connectivity index (χ1v) is 9.02. The molecule has 0 aromatic heterocycles. The van der Waals surface area contributed by atoms with E-state index in [9.17, 15) is 0 Å². The van der Waals surface area contributed by atoms with Crippen LogP contribution in [-0.4, -0.2) is 19.8 Å². The summed E-state index contributed by atoms with van der Waals surface area (Å²) >= 11 is 0. The second-order valence-electron chi connectivity index (χ2n) is 6.20. The van der Waals surface area contributed by atoms with E-state index >= 15 is 0 Å². The highest BCUT2D eigenvalue weighted by Gasteiger charge is 2.12. The lowest BCUT2D eigenvalue weighted by Crippen LogP contribution is -2.19. The molecule has 0 spiro atoms. The number of nitrogens with zero attached hydrogens (tertiary/aromatic N) is 1. The minimum atomic E-state index is -0.946. The lowest BCUT2D eigenvalue weighted by atomic mass is 10.1. The van der Waals surface area contributed by atoms with Crippen molar-refractivity contribution in [3.05, 3.63) is 11.6 Å². The lowest BCUT2D eigenvalue weighted by molar-refractivity contribution is 0.587. The third-order valence-electron chi connectivity index (χ3n) is 1.63. The molecule has 2 heteroatoms. The van der Waals surface area contributed by atoms with Crippen LogP contribution in [0, 0.1) is 0 Å². The highest BCUT2D eigenvalue weighted by Crippen LogP contribution is 2.15. The number of aliphatic imine (C=N–C) groups is 1. The molecular formula is C12H25NSi. The average molecular weight is 211 g/mol. The van der Waals surface area contributed by atoms with Crippen molar-refractivity contribution in [3.8, 4) is 0 Å². The van der Waals surface area contributed by atoms with Gasteiger partial charge in [0, 0.05) is 14.3 Å². The Balaban J connectivity index is 4.21. The van der Waals surface area contributed by atoms with Crippen LogP contribution >= 0.6 is 0 Å². The molecule has 0 aliphatic carbocycles. The molecule has 0 N–H and O–H groups in total. The third-order valence-corrected chi connectivity index (χ3v) is 3.25. The highest BCUT2D eigenvalue weighted by atomic mass is 28.3. The molecule has 0 unspecified atom stereocenters. The molecule has 0 aliphatic heterocycles. The molecule has 0 bridgehead atoms. The summed E-state index contributed by atoms with van der Waals surface area (Å²) in [6.45, 7) is 15.7. The minimum Gasteiger partial charge on any atom is -0.287 e. The van der Waals surface area contributed by atoms with Gasteiger partial charge in [-0.15, -0.1) is 0 Å². The zero-order chi connectivity index (χ0) is 11.4. The molecule has 0 fully saturated rings. The lowest BCUT2D eigenvalue weighted by Gasteiger charge is -2.15. The van der Waals surface area contributed by atoms with E-state index < -0.39 is 8.07 Å². The normalized spacial score (nSPS) is 15.2. The van der Waals surface area contributed by atoms with E-state index in [1.807, 2.05) is 6.21 Å². The molecule has 0 radical (unpaired) electrons. The van der Waals surface area contributed by atoms with Crippen LogP contribution in [-0.2, 0) is 0 Å². The first kappa shape index (κ1) is 13.6. The summed E-state index contributed by atoms with van der Waals surface area (Å²) in [6, 6.07) is 1.27. The first-order valence-electron chi connectivity index (χ1n) is 5.31. The van der Waals surface area contributed by atoms with Crippen molar-refractivity contribution in [1.29, 1.82) is 0 Å². The maximum Gasteiger partial charge on any atom is 0.0524 e. The van der Waals surface area contributed by atoms with Gasteiger partial charge in [-0.2, -0.15) is 0 Å². The van der Waals surface area contributed by atoms with E-state index in [0.717, 1.165) is 0 Å². The quantitative estimate of drug-likeness (QED) is 0.491. The summed E-state index contributed by atoms with van der Waals surface area (Å²) in [7, 11) is -0.946. The van der Waals surface area contributed by atoms with Crippen LogP contribution in [0.3, 0.4) is 0 Å². The van der Waals surface area contributed by atoms with Gasteiger partial charge < -0.3 is 0 Å². The molecular weight excluding hydrogens is 186 g/mol. The number of hydrogen-bond acceptors (Lipinski definition) is 1. The number of allylic oxidation sites excluding steroid dienone is 2. The largest absolute Gasteiger partial charge is 0.287 e. The van der Waals surface area contributed by atoms with E-state index in [0.29, 0.717) is 0 Å². The van der Waals surface area contributed by atoms with Gasteiger partial charge in [-0.25, -0.2) is 0 Å². The standard InChI is InChI=1S/C12H25NSi/c1-11(10-14(5,6)7)8-9-13-12(2,3)4/h8-9H,10H2,1-7H3/b11-8+,13-9?. The fraction of sp³-hybridized carbons (Fsp3) is 0.750. The summed E-state index contributed by atoms with van der Waals surface area (Å²) in [5.41, 5.74) is 1.51. The fourth-order valence-electron chi connectivity index (χ4n) is 1.28. The molecule has 14 heavy (non-hydrogen) atoms. The molecule has 0 amide bonds. The van der Waals surface area contributed by atoms with Gasteiger partial charge in [0.15, 0.2) is 0 Å². The monoisotopic (exact) mass is 211 g/mol. The van der Waals surface area contributed by atoms with E-state index in [1.165, 1.54) is 11.6 Å². The molecule has 0 saturated carbocycles. The Morgan fingerprint density at radius 2 is 1.71 bits per heavy atom. The van der Waals surface area contributed by atoms with Crippen molar-refractivity contribution < 1.29 is 0 Å². The van der Waals surface area contributed by atoms with Crippen molar-refractivity contribution in [2.24, 2.45) is 4.99 Å². The second-order valence-corrected chi connectivity index (χ2v) is 11.7. The minimum absolute atomic E-state index is 0.0515. The zero-order valence-corrected chi connectivity index (χ0v) is 11.8. The van der Waals surface area contributed by atoms with Crippen LogP contribution in [0.2, 0.25) is 25.7 Å². The highest BCUT2D eigenvalue weighted by molar-refractivity contribution is 6.76. The summed E-state index contributed by atoms with van der Waals surface area (Å²) in [5, 5.41) is 0. The average Bonchev–Trinajstić information content (AvgIpc) is 1.78. The van der Waals surface area contributed by atoms with Crippen LogP contribution in [0.15, 0.2) is 16.6 Å². The van der Waals surface area contributed by atoms with Gasteiger partial charge in [-0.3, -0.25) is 4.99 Å². The SMILES string of the molecule is C/C(=C\C=NC(C)(C)C)C[Si](C)(C)C. The molecule has 0 aromatic rings. The van der Waals surface area contributed by atoms with Crippen molar-refractivity contribution in [3.63, 3.8) is 0 Å². The number of hydrogen-bond donors (Lipinski definition) is 0. The Kier molecular flexibility index (Phi) is 4.79. The summed E-state index contributed by atoms with van der Waals surface area (Å²) in [6.07, 6.45) is 4.11. The van der Waals surface area contributed by atoms with E-state index in [-0.39, 0.29) is 5.54 Å². The maximum absolute atomic E-state index is 4.44. The topological polar surface area (TPSA) is 12.4 Å². The van der Waals surface area contributed by atoms with Crippen molar-refractivity contribution >= 4 is 14.3 Å². The summed E-state index contributed by atoms with van der Waals surface area (Å²) in [4.78, 5) is 4.44. The molecule has 0 saturated heterocycles. The Morgan fingerprint density at radius 1 is 1.21 bits per heavy atom. The van der Waals surface area contributed by atoms with Crippen LogP contribution < -0.4 is 0 Å². The molecule has 0 aliphatic rings.